The van der Waals surface area contributed by atoms with Gasteiger partial charge in [-0.15, -0.1) is 0 Å². The van der Waals surface area contributed by atoms with Crippen molar-refractivity contribution < 1.29 is 34.1 Å². The number of ether oxygens (including phenoxy) is 1. The van der Waals surface area contributed by atoms with Crippen molar-refractivity contribution in [1.82, 2.24) is 16.0 Å². The van der Waals surface area contributed by atoms with Gasteiger partial charge in [0.25, 0.3) is 0 Å². The van der Waals surface area contributed by atoms with Gasteiger partial charge in [0.2, 0.25) is 17.7 Å². The Bertz CT molecular complexity index is 814. The number of hydrogen-bond acceptors (Lipinski definition) is 7. The van der Waals surface area contributed by atoms with Crippen LogP contribution in [0.5, 0.6) is 0 Å². The second kappa shape index (κ2) is 16.5. The van der Waals surface area contributed by atoms with Gasteiger partial charge in [0.1, 0.15) is 23.9 Å². The summed E-state index contributed by atoms with van der Waals surface area (Å²) < 4.78 is 5.68. The van der Waals surface area contributed by atoms with E-state index >= 15 is 0 Å². The van der Waals surface area contributed by atoms with E-state index in [2.05, 4.69) is 29.5 Å². The van der Waals surface area contributed by atoms with Gasteiger partial charge in [-0.3, -0.25) is 14.4 Å². The van der Waals surface area contributed by atoms with Gasteiger partial charge in [-0.05, 0) is 25.7 Å². The Morgan fingerprint density at radius 2 is 1.42 bits per heavy atom. The third-order valence-corrected chi connectivity index (χ3v) is 7.23. The van der Waals surface area contributed by atoms with Crippen LogP contribution in [-0.2, 0) is 23.9 Å². The molecular formula is C28H49N3O7. The molecule has 0 saturated carbocycles. The van der Waals surface area contributed by atoms with Crippen molar-refractivity contribution in [2.45, 2.75) is 123 Å². The maximum atomic E-state index is 13.1. The van der Waals surface area contributed by atoms with E-state index in [1.54, 1.807) is 27.7 Å². The topological polar surface area (TPSA) is 154 Å². The summed E-state index contributed by atoms with van der Waals surface area (Å²) in [6.07, 6.45) is 4.71. The first-order valence-corrected chi connectivity index (χ1v) is 14.0. The van der Waals surface area contributed by atoms with Crippen LogP contribution in [-0.4, -0.2) is 64.3 Å². The Hall–Kier alpha value is -2.46. The molecule has 7 atom stereocenters. The molecule has 0 aromatic carbocycles. The molecule has 1 heterocycles. The molecule has 0 unspecified atom stereocenters. The highest BCUT2D eigenvalue weighted by Gasteiger charge is 2.38. The fraction of sp³-hybridized carbons (Fsp3) is 0.786. The molecule has 1 rings (SSSR count). The van der Waals surface area contributed by atoms with Crippen molar-refractivity contribution in [2.24, 2.45) is 17.8 Å². The number of carbonyl (C=O) groups is 4. The number of cyclic esters (lactones) is 1. The smallest absolute Gasteiger partial charge is 0.354 e. The van der Waals surface area contributed by atoms with E-state index in [-0.39, 0.29) is 11.6 Å². The lowest BCUT2D eigenvalue weighted by Crippen LogP contribution is -2.59. The first kappa shape index (κ1) is 33.6. The third kappa shape index (κ3) is 10.4. The van der Waals surface area contributed by atoms with Crippen molar-refractivity contribution in [2.75, 3.05) is 0 Å². The van der Waals surface area contributed by atoms with Crippen molar-refractivity contribution in [1.29, 1.82) is 0 Å². The zero-order chi connectivity index (χ0) is 29.0. The predicted octanol–water partition coefficient (Wildman–Crippen LogP) is 2.32. The number of unbranched alkanes of at least 4 members (excludes halogenated alkanes) is 6. The predicted molar refractivity (Wildman–Crippen MR) is 144 cm³/mol. The van der Waals surface area contributed by atoms with Crippen LogP contribution in [0.4, 0.5) is 0 Å². The van der Waals surface area contributed by atoms with E-state index in [0.29, 0.717) is 6.42 Å². The number of carbonyl (C=O) groups excluding carboxylic acids is 4. The van der Waals surface area contributed by atoms with E-state index in [0.717, 1.165) is 25.7 Å². The minimum Gasteiger partial charge on any atom is -0.457 e. The van der Waals surface area contributed by atoms with Gasteiger partial charge in [-0.2, -0.15) is 0 Å². The van der Waals surface area contributed by atoms with E-state index in [9.17, 15) is 29.4 Å². The first-order valence-electron chi connectivity index (χ1n) is 14.0. The quantitative estimate of drug-likeness (QED) is 0.162. The number of rotatable bonds is 10. The number of aliphatic hydroxyl groups excluding tert-OH is 2. The zero-order valence-corrected chi connectivity index (χ0v) is 23.9. The van der Waals surface area contributed by atoms with Gasteiger partial charge in [0.05, 0.1) is 18.1 Å². The molecule has 0 aromatic heterocycles. The fourth-order valence-corrected chi connectivity index (χ4v) is 4.52. The maximum absolute atomic E-state index is 13.1. The summed E-state index contributed by atoms with van der Waals surface area (Å²) in [6, 6.07) is -2.42. The molecule has 0 aromatic rings. The van der Waals surface area contributed by atoms with Gasteiger partial charge < -0.3 is 30.9 Å². The summed E-state index contributed by atoms with van der Waals surface area (Å²) in [7, 11) is 0. The second-order valence-electron chi connectivity index (χ2n) is 10.9. The Morgan fingerprint density at radius 1 is 0.868 bits per heavy atom. The highest BCUT2D eigenvalue weighted by atomic mass is 16.5. The molecule has 218 valence electrons. The van der Waals surface area contributed by atoms with Gasteiger partial charge >= 0.3 is 5.97 Å². The third-order valence-electron chi connectivity index (χ3n) is 7.23. The van der Waals surface area contributed by atoms with Crippen molar-refractivity contribution >= 4 is 23.7 Å². The molecule has 0 aliphatic carbocycles. The van der Waals surface area contributed by atoms with Crippen LogP contribution in [0, 0.1) is 17.8 Å². The minimum atomic E-state index is -1.40. The van der Waals surface area contributed by atoms with Crippen molar-refractivity contribution in [3.05, 3.63) is 12.3 Å². The van der Waals surface area contributed by atoms with Crippen LogP contribution in [0.2, 0.25) is 0 Å². The molecule has 0 bridgehead atoms. The maximum Gasteiger partial charge on any atom is 0.354 e. The number of hydrogen-bond donors (Lipinski definition) is 5. The lowest BCUT2D eigenvalue weighted by Gasteiger charge is -2.32. The molecule has 1 aliphatic rings. The van der Waals surface area contributed by atoms with Crippen LogP contribution in [0.1, 0.15) is 92.9 Å². The van der Waals surface area contributed by atoms with Crippen LogP contribution in [0.25, 0.3) is 0 Å². The summed E-state index contributed by atoms with van der Waals surface area (Å²) in [4.78, 5) is 51.7. The average molecular weight is 540 g/mol. The molecule has 0 radical (unpaired) electrons. The highest BCUT2D eigenvalue weighted by molar-refractivity contribution is 5.97. The largest absolute Gasteiger partial charge is 0.457 e. The van der Waals surface area contributed by atoms with Gasteiger partial charge in [0.15, 0.2) is 0 Å². The number of esters is 1. The summed E-state index contributed by atoms with van der Waals surface area (Å²) in [5.74, 6) is -4.81. The van der Waals surface area contributed by atoms with Gasteiger partial charge in [-0.1, -0.05) is 79.7 Å². The van der Waals surface area contributed by atoms with E-state index in [4.69, 9.17) is 4.74 Å². The zero-order valence-electron chi connectivity index (χ0n) is 23.9. The lowest BCUT2D eigenvalue weighted by molar-refractivity contribution is -0.152. The standard InChI is InChI=1S/C28H49N3O7/c1-8-9-10-11-12-13-14-15-21-17(4)24(33)18(5)25(34)30-22(16(2)3)26(35)31-23(20(7)32)27(36)29-19(6)28(37)38-21/h16-18,20-24,32-33H,6,8-15H2,1-5,7H3,(H,29,36)(H,30,34)(H,31,35)/t17-,18+,20-,21+,22-,23-,24+/m1/s1. The van der Waals surface area contributed by atoms with Crippen molar-refractivity contribution in [3.63, 3.8) is 0 Å². The highest BCUT2D eigenvalue weighted by Crippen LogP contribution is 2.25. The van der Waals surface area contributed by atoms with Gasteiger partial charge in [-0.25, -0.2) is 4.79 Å². The molecule has 38 heavy (non-hydrogen) atoms. The SMILES string of the molecule is C=C1NC(=O)[C@@H]([C@@H](C)O)NC(=O)[C@@H](C(C)C)NC(=O)[C@@H](C)[C@@H](O)[C@H](C)[C@H](CCCCCCCCC)OC1=O. The molecule has 1 aliphatic heterocycles. The monoisotopic (exact) mass is 539 g/mol. The summed E-state index contributed by atoms with van der Waals surface area (Å²) >= 11 is 0. The Kier molecular flexibility index (Phi) is 14.6. The lowest BCUT2D eigenvalue weighted by atomic mass is 9.86. The average Bonchev–Trinajstić information content (AvgIpc) is 2.86. The molecule has 1 saturated heterocycles. The van der Waals surface area contributed by atoms with Crippen LogP contribution < -0.4 is 16.0 Å². The molecule has 5 N–H and O–H groups in total. The Labute approximate surface area is 227 Å². The van der Waals surface area contributed by atoms with Crippen LogP contribution >= 0.6 is 0 Å². The molecule has 1 fully saturated rings. The number of amides is 3. The summed E-state index contributed by atoms with van der Waals surface area (Å²) in [6.45, 7) is 13.8. The van der Waals surface area contributed by atoms with Crippen LogP contribution in [0.15, 0.2) is 12.3 Å². The molecule has 10 heteroatoms. The summed E-state index contributed by atoms with van der Waals surface area (Å²) in [5.41, 5.74) is -0.348. The Balaban J connectivity index is 3.21. The summed E-state index contributed by atoms with van der Waals surface area (Å²) in [5, 5.41) is 28.7. The molecule has 0 spiro atoms. The minimum absolute atomic E-state index is 0.348. The second-order valence-corrected chi connectivity index (χ2v) is 10.9. The first-order chi connectivity index (χ1) is 17.8. The molecule has 3 amide bonds. The normalized spacial score (nSPS) is 29.0. The Morgan fingerprint density at radius 3 is 1.97 bits per heavy atom. The van der Waals surface area contributed by atoms with E-state index in [1.807, 2.05) is 0 Å². The van der Waals surface area contributed by atoms with E-state index < -0.39 is 65.9 Å². The van der Waals surface area contributed by atoms with Gasteiger partial charge in [0, 0.05) is 5.92 Å². The van der Waals surface area contributed by atoms with Crippen LogP contribution in [0.3, 0.4) is 0 Å². The molecule has 10 nitrogen and oxygen atoms in total. The fourth-order valence-electron chi connectivity index (χ4n) is 4.52. The van der Waals surface area contributed by atoms with E-state index in [1.165, 1.54) is 26.2 Å². The number of nitrogens with one attached hydrogen (secondary N) is 3. The molecular weight excluding hydrogens is 490 g/mol. The van der Waals surface area contributed by atoms with Crippen molar-refractivity contribution in [3.8, 4) is 0 Å². The number of aliphatic hydroxyl groups is 2.